The SMILES string of the molecule is CC1CCC(=O)N(CCOc2ccc(CCN)cc2)CC1. The average Bonchev–Trinajstić information content (AvgIpc) is 2.64. The van der Waals surface area contributed by atoms with Gasteiger partial charge in [0.1, 0.15) is 12.4 Å². The van der Waals surface area contributed by atoms with E-state index in [-0.39, 0.29) is 5.91 Å². The summed E-state index contributed by atoms with van der Waals surface area (Å²) in [6.07, 6.45) is 3.67. The van der Waals surface area contributed by atoms with Crippen molar-refractivity contribution < 1.29 is 9.53 Å². The molecule has 21 heavy (non-hydrogen) atoms. The molecule has 0 spiro atoms. The third-order valence-electron chi connectivity index (χ3n) is 4.08. The van der Waals surface area contributed by atoms with Crippen LogP contribution >= 0.6 is 0 Å². The maximum Gasteiger partial charge on any atom is 0.222 e. The summed E-state index contributed by atoms with van der Waals surface area (Å²) in [5.74, 6) is 1.77. The van der Waals surface area contributed by atoms with E-state index in [1.807, 2.05) is 29.2 Å². The van der Waals surface area contributed by atoms with Crippen LogP contribution in [0.25, 0.3) is 0 Å². The van der Waals surface area contributed by atoms with Crippen molar-refractivity contribution in [1.82, 2.24) is 4.90 Å². The molecule has 0 aliphatic carbocycles. The van der Waals surface area contributed by atoms with Crippen molar-refractivity contribution in [2.75, 3.05) is 26.2 Å². The van der Waals surface area contributed by atoms with Crippen LogP contribution in [0.15, 0.2) is 24.3 Å². The first-order valence-electron chi connectivity index (χ1n) is 7.88. The van der Waals surface area contributed by atoms with Crippen LogP contribution in [0.1, 0.15) is 31.7 Å². The number of carbonyl (C=O) groups excluding carboxylic acids is 1. The Hall–Kier alpha value is -1.55. The van der Waals surface area contributed by atoms with Crippen molar-refractivity contribution in [3.05, 3.63) is 29.8 Å². The van der Waals surface area contributed by atoms with Gasteiger partial charge in [0.2, 0.25) is 5.91 Å². The first-order valence-corrected chi connectivity index (χ1v) is 7.88. The zero-order valence-corrected chi connectivity index (χ0v) is 12.9. The van der Waals surface area contributed by atoms with Crippen molar-refractivity contribution in [2.24, 2.45) is 11.7 Å². The summed E-state index contributed by atoms with van der Waals surface area (Å²) in [5.41, 5.74) is 6.75. The van der Waals surface area contributed by atoms with Gasteiger partial charge < -0.3 is 15.4 Å². The van der Waals surface area contributed by atoms with E-state index in [1.165, 1.54) is 5.56 Å². The topological polar surface area (TPSA) is 55.6 Å². The molecular weight excluding hydrogens is 264 g/mol. The zero-order valence-electron chi connectivity index (χ0n) is 12.9. The Kier molecular flexibility index (Phi) is 6.05. The third-order valence-corrected chi connectivity index (χ3v) is 4.08. The van der Waals surface area contributed by atoms with Crippen LogP contribution in [-0.2, 0) is 11.2 Å². The number of hydrogen-bond acceptors (Lipinski definition) is 3. The average molecular weight is 290 g/mol. The number of benzene rings is 1. The third kappa shape index (κ3) is 5.05. The first kappa shape index (κ1) is 15.8. The van der Waals surface area contributed by atoms with Crippen molar-refractivity contribution in [2.45, 2.75) is 32.6 Å². The maximum absolute atomic E-state index is 12.0. The predicted octanol–water partition coefficient (Wildman–Crippen LogP) is 2.22. The Morgan fingerprint density at radius 3 is 2.76 bits per heavy atom. The van der Waals surface area contributed by atoms with Gasteiger partial charge in [0.05, 0.1) is 6.54 Å². The van der Waals surface area contributed by atoms with Crippen LogP contribution in [0.4, 0.5) is 0 Å². The van der Waals surface area contributed by atoms with Gasteiger partial charge in [0.25, 0.3) is 0 Å². The molecule has 2 N–H and O–H groups in total. The molecule has 0 radical (unpaired) electrons. The van der Waals surface area contributed by atoms with E-state index in [0.717, 1.165) is 31.6 Å². The van der Waals surface area contributed by atoms with Crippen LogP contribution in [0.2, 0.25) is 0 Å². The number of amides is 1. The lowest BCUT2D eigenvalue weighted by atomic mass is 10.0. The Morgan fingerprint density at radius 2 is 2.05 bits per heavy atom. The van der Waals surface area contributed by atoms with Crippen LogP contribution in [0.5, 0.6) is 5.75 Å². The smallest absolute Gasteiger partial charge is 0.222 e. The van der Waals surface area contributed by atoms with Gasteiger partial charge >= 0.3 is 0 Å². The monoisotopic (exact) mass is 290 g/mol. The minimum absolute atomic E-state index is 0.265. The molecule has 116 valence electrons. The highest BCUT2D eigenvalue weighted by molar-refractivity contribution is 5.76. The number of ether oxygens (including phenoxy) is 1. The summed E-state index contributed by atoms with van der Waals surface area (Å²) in [6, 6.07) is 8.02. The van der Waals surface area contributed by atoms with Crippen molar-refractivity contribution in [1.29, 1.82) is 0 Å². The molecule has 1 unspecified atom stereocenters. The lowest BCUT2D eigenvalue weighted by molar-refractivity contribution is -0.131. The lowest BCUT2D eigenvalue weighted by Gasteiger charge is -2.20. The van der Waals surface area contributed by atoms with Gasteiger partial charge in [-0.05, 0) is 49.4 Å². The van der Waals surface area contributed by atoms with Crippen molar-refractivity contribution >= 4 is 5.91 Å². The van der Waals surface area contributed by atoms with E-state index in [2.05, 4.69) is 6.92 Å². The van der Waals surface area contributed by atoms with Crippen LogP contribution in [-0.4, -0.2) is 37.0 Å². The minimum Gasteiger partial charge on any atom is -0.492 e. The van der Waals surface area contributed by atoms with Gasteiger partial charge in [-0.2, -0.15) is 0 Å². The predicted molar refractivity (Wildman–Crippen MR) is 84.3 cm³/mol. The molecule has 0 saturated carbocycles. The zero-order chi connectivity index (χ0) is 15.1. The Morgan fingerprint density at radius 1 is 1.29 bits per heavy atom. The number of carbonyl (C=O) groups is 1. The molecule has 1 aromatic carbocycles. The molecule has 4 heteroatoms. The molecule has 1 fully saturated rings. The van der Waals surface area contributed by atoms with Crippen molar-refractivity contribution in [3.63, 3.8) is 0 Å². The van der Waals surface area contributed by atoms with E-state index in [4.69, 9.17) is 10.5 Å². The van der Waals surface area contributed by atoms with Crippen LogP contribution in [0, 0.1) is 5.92 Å². The highest BCUT2D eigenvalue weighted by Crippen LogP contribution is 2.17. The van der Waals surface area contributed by atoms with E-state index >= 15 is 0 Å². The standard InChI is InChI=1S/C17H26N2O2/c1-14-2-7-17(20)19(11-9-14)12-13-21-16-5-3-15(4-6-16)8-10-18/h3-6,14H,2,7-13,18H2,1H3. The van der Waals surface area contributed by atoms with Gasteiger partial charge in [0.15, 0.2) is 0 Å². The highest BCUT2D eigenvalue weighted by atomic mass is 16.5. The highest BCUT2D eigenvalue weighted by Gasteiger charge is 2.19. The second-order valence-corrected chi connectivity index (χ2v) is 5.84. The summed E-state index contributed by atoms with van der Waals surface area (Å²) in [5, 5.41) is 0. The summed E-state index contributed by atoms with van der Waals surface area (Å²) < 4.78 is 5.73. The summed E-state index contributed by atoms with van der Waals surface area (Å²) in [4.78, 5) is 13.9. The molecular formula is C17H26N2O2. The van der Waals surface area contributed by atoms with Gasteiger partial charge in [-0.3, -0.25) is 4.79 Å². The largest absolute Gasteiger partial charge is 0.492 e. The molecule has 1 amide bonds. The number of nitrogens with zero attached hydrogens (tertiary/aromatic N) is 1. The maximum atomic E-state index is 12.0. The fourth-order valence-electron chi connectivity index (χ4n) is 2.60. The molecule has 2 rings (SSSR count). The molecule has 4 nitrogen and oxygen atoms in total. The molecule has 1 aromatic rings. The fourth-order valence-corrected chi connectivity index (χ4v) is 2.60. The van der Waals surface area contributed by atoms with Gasteiger partial charge in [-0.15, -0.1) is 0 Å². The molecule has 1 aliphatic rings. The number of nitrogens with two attached hydrogens (primary N) is 1. The quantitative estimate of drug-likeness (QED) is 0.874. The minimum atomic E-state index is 0.265. The van der Waals surface area contributed by atoms with Crippen LogP contribution in [0.3, 0.4) is 0 Å². The molecule has 0 bridgehead atoms. The first-order chi connectivity index (χ1) is 10.2. The number of hydrogen-bond donors (Lipinski definition) is 1. The van der Waals surface area contributed by atoms with Crippen molar-refractivity contribution in [3.8, 4) is 5.75 Å². The van der Waals surface area contributed by atoms with E-state index in [0.29, 0.717) is 32.0 Å². The molecule has 0 aromatic heterocycles. The van der Waals surface area contributed by atoms with E-state index in [9.17, 15) is 4.79 Å². The Bertz CT molecular complexity index is 445. The molecule has 1 aliphatic heterocycles. The van der Waals surface area contributed by atoms with Gasteiger partial charge in [-0.1, -0.05) is 19.1 Å². The molecule has 1 heterocycles. The normalized spacial score (nSPS) is 19.4. The summed E-state index contributed by atoms with van der Waals surface area (Å²) >= 11 is 0. The van der Waals surface area contributed by atoms with Gasteiger partial charge in [-0.25, -0.2) is 0 Å². The number of rotatable bonds is 6. The number of likely N-dealkylation sites (tertiary alicyclic amines) is 1. The summed E-state index contributed by atoms with van der Waals surface area (Å²) in [7, 11) is 0. The Balaban J connectivity index is 1.76. The summed E-state index contributed by atoms with van der Waals surface area (Å²) in [6.45, 7) is 4.97. The second-order valence-electron chi connectivity index (χ2n) is 5.84. The van der Waals surface area contributed by atoms with Gasteiger partial charge in [0, 0.05) is 13.0 Å². The second kappa shape index (κ2) is 8.03. The Labute approximate surface area is 127 Å². The fraction of sp³-hybridized carbons (Fsp3) is 0.588. The molecule has 1 saturated heterocycles. The van der Waals surface area contributed by atoms with E-state index < -0.39 is 0 Å². The molecule has 1 atom stereocenters. The lowest BCUT2D eigenvalue weighted by Crippen LogP contribution is -2.34. The van der Waals surface area contributed by atoms with E-state index in [1.54, 1.807) is 0 Å². The van der Waals surface area contributed by atoms with Crippen LogP contribution < -0.4 is 10.5 Å².